The third-order valence-electron chi connectivity index (χ3n) is 7.08. The Labute approximate surface area is 270 Å². The fraction of sp³-hybridized carbons (Fsp3) is 0.250. The number of hydrogen-bond donors (Lipinski definition) is 1. The molecule has 223 valence electrons. The molecule has 0 saturated carbocycles. The van der Waals surface area contributed by atoms with Gasteiger partial charge in [-0.05, 0) is 79.3 Å². The van der Waals surface area contributed by atoms with Crippen molar-refractivity contribution >= 4 is 49.4 Å². The van der Waals surface area contributed by atoms with Crippen LogP contribution in [0.25, 0.3) is 54.0 Å². The molecule has 4 heterocycles. The number of nitrogens with zero attached hydrogens (tertiary/aromatic N) is 2. The minimum absolute atomic E-state index is 0. The van der Waals surface area contributed by atoms with Crippen molar-refractivity contribution in [3.8, 4) is 21.7 Å². The van der Waals surface area contributed by atoms with E-state index in [0.29, 0.717) is 17.5 Å². The van der Waals surface area contributed by atoms with Crippen LogP contribution in [0.1, 0.15) is 70.2 Å². The Morgan fingerprint density at radius 2 is 1.63 bits per heavy atom. The SMILES string of the molecule is CC(=O)/C=C(/C)O.Cc1ccc2c(n1)oc1c(-c3ccc4sc(-c5cc(C(C)C)cc(C(C)C)c5)cc4n3)[c-]ccc12.[Ir]. The molecule has 0 aliphatic carbocycles. The number of aliphatic hydroxyl groups excluding tert-OH is 1. The molecule has 4 aromatic heterocycles. The molecular weight excluding hydrogens is 733 g/mol. The molecule has 0 aliphatic rings. The first-order valence-electron chi connectivity index (χ1n) is 14.1. The van der Waals surface area contributed by atoms with Crippen molar-refractivity contribution in [3.63, 3.8) is 0 Å². The number of rotatable bonds is 5. The van der Waals surface area contributed by atoms with Crippen LogP contribution in [0.2, 0.25) is 0 Å². The quantitative estimate of drug-likeness (QED) is 0.107. The van der Waals surface area contributed by atoms with Crippen LogP contribution in [0.5, 0.6) is 0 Å². The Kier molecular flexibility index (Phi) is 10.0. The van der Waals surface area contributed by atoms with Gasteiger partial charge in [0.2, 0.25) is 5.71 Å². The summed E-state index contributed by atoms with van der Waals surface area (Å²) >= 11 is 1.80. The van der Waals surface area contributed by atoms with Crippen molar-refractivity contribution in [1.29, 1.82) is 0 Å². The second-order valence-electron chi connectivity index (χ2n) is 11.3. The third-order valence-corrected chi connectivity index (χ3v) is 8.21. The van der Waals surface area contributed by atoms with Crippen molar-refractivity contribution in [2.75, 3.05) is 0 Å². The molecule has 43 heavy (non-hydrogen) atoms. The van der Waals surface area contributed by atoms with Crippen LogP contribution in [-0.4, -0.2) is 20.9 Å². The number of hydrogen-bond acceptors (Lipinski definition) is 6. The zero-order chi connectivity index (χ0) is 30.1. The summed E-state index contributed by atoms with van der Waals surface area (Å²) in [5, 5.41) is 10.4. The maximum absolute atomic E-state index is 10.0. The smallest absolute Gasteiger partial charge is 0.216 e. The largest absolute Gasteiger partial charge is 0.512 e. The zero-order valence-corrected chi connectivity index (χ0v) is 28.6. The van der Waals surface area contributed by atoms with E-state index in [1.807, 2.05) is 25.1 Å². The average molecular weight is 768 g/mol. The maximum atomic E-state index is 10.0. The first-order valence-corrected chi connectivity index (χ1v) is 15.0. The third kappa shape index (κ3) is 7.13. The van der Waals surface area contributed by atoms with Gasteiger partial charge in [-0.2, -0.15) is 0 Å². The number of aromatic nitrogens is 2. The summed E-state index contributed by atoms with van der Waals surface area (Å²) in [7, 11) is 0. The molecule has 2 aromatic carbocycles. The van der Waals surface area contributed by atoms with E-state index in [-0.39, 0.29) is 31.6 Å². The van der Waals surface area contributed by atoms with E-state index in [0.717, 1.165) is 38.8 Å². The van der Waals surface area contributed by atoms with Gasteiger partial charge in [0.15, 0.2) is 5.78 Å². The summed E-state index contributed by atoms with van der Waals surface area (Å²) in [4.78, 5) is 20.9. The molecule has 6 rings (SSSR count). The summed E-state index contributed by atoms with van der Waals surface area (Å²) in [6.07, 6.45) is 1.17. The van der Waals surface area contributed by atoms with E-state index >= 15 is 0 Å². The summed E-state index contributed by atoms with van der Waals surface area (Å²) in [6.45, 7) is 13.9. The molecule has 0 atom stereocenters. The monoisotopic (exact) mass is 768 g/mol. The molecule has 5 nitrogen and oxygen atoms in total. The van der Waals surface area contributed by atoms with Gasteiger partial charge in [-0.15, -0.1) is 29.5 Å². The van der Waals surface area contributed by atoms with Crippen molar-refractivity contribution in [3.05, 3.63) is 95.4 Å². The number of benzene rings is 2. The van der Waals surface area contributed by atoms with Gasteiger partial charge in [-0.3, -0.25) is 9.78 Å². The van der Waals surface area contributed by atoms with E-state index < -0.39 is 0 Å². The molecular formula is C36H35IrN2O3S-. The molecule has 0 aliphatic heterocycles. The number of carbonyl (C=O) groups is 1. The first kappa shape index (κ1) is 32.3. The maximum Gasteiger partial charge on any atom is 0.216 e. The zero-order valence-electron chi connectivity index (χ0n) is 25.4. The Morgan fingerprint density at radius 3 is 2.23 bits per heavy atom. The number of furan rings is 1. The first-order chi connectivity index (χ1) is 20.0. The predicted octanol–water partition coefficient (Wildman–Crippen LogP) is 10.3. The fourth-order valence-corrected chi connectivity index (χ4v) is 5.88. The van der Waals surface area contributed by atoms with Crippen molar-refractivity contribution in [2.24, 2.45) is 0 Å². The summed E-state index contributed by atoms with van der Waals surface area (Å²) in [5.41, 5.74) is 9.16. The minimum atomic E-state index is -0.125. The number of carbonyl (C=O) groups excluding carboxylic acids is 1. The summed E-state index contributed by atoms with van der Waals surface area (Å²) < 4.78 is 7.38. The van der Waals surface area contributed by atoms with Gasteiger partial charge in [0.25, 0.3) is 0 Å². The Balaban J connectivity index is 0.000000475. The van der Waals surface area contributed by atoms with E-state index in [2.05, 4.69) is 81.2 Å². The normalized spacial score (nSPS) is 11.7. The van der Waals surface area contributed by atoms with Gasteiger partial charge >= 0.3 is 0 Å². The topological polar surface area (TPSA) is 76.2 Å². The molecule has 0 amide bonds. The number of aryl methyl sites for hydroxylation is 1. The van der Waals surface area contributed by atoms with Gasteiger partial charge in [0.1, 0.15) is 0 Å². The van der Waals surface area contributed by atoms with Crippen LogP contribution in [0.15, 0.2) is 76.9 Å². The van der Waals surface area contributed by atoms with Crippen molar-refractivity contribution < 1.29 is 34.4 Å². The van der Waals surface area contributed by atoms with Crippen LogP contribution in [0.4, 0.5) is 0 Å². The van der Waals surface area contributed by atoms with Crippen LogP contribution in [0.3, 0.4) is 0 Å². The fourth-order valence-electron chi connectivity index (χ4n) is 4.89. The molecule has 7 heteroatoms. The van der Waals surface area contributed by atoms with Gasteiger partial charge in [-0.1, -0.05) is 62.9 Å². The number of aliphatic hydroxyl groups is 1. The second kappa shape index (κ2) is 13.3. The van der Waals surface area contributed by atoms with Crippen molar-refractivity contribution in [1.82, 2.24) is 9.97 Å². The molecule has 1 radical (unpaired) electrons. The molecule has 0 spiro atoms. The minimum Gasteiger partial charge on any atom is -0.512 e. The molecule has 0 fully saturated rings. The average Bonchev–Trinajstić information content (AvgIpc) is 3.53. The predicted molar refractivity (Wildman–Crippen MR) is 174 cm³/mol. The second-order valence-corrected chi connectivity index (χ2v) is 12.4. The van der Waals surface area contributed by atoms with Crippen LogP contribution in [-0.2, 0) is 24.9 Å². The van der Waals surface area contributed by atoms with Crippen LogP contribution >= 0.6 is 11.3 Å². The Morgan fingerprint density at radius 1 is 0.930 bits per heavy atom. The summed E-state index contributed by atoms with van der Waals surface area (Å²) in [6, 6.07) is 24.9. The Hall–Kier alpha value is -3.64. The number of ketones is 1. The van der Waals surface area contributed by atoms with Gasteiger partial charge in [0.05, 0.1) is 21.6 Å². The van der Waals surface area contributed by atoms with E-state index in [9.17, 15) is 4.79 Å². The molecule has 0 unspecified atom stereocenters. The van der Waals surface area contributed by atoms with Crippen LogP contribution in [0, 0.1) is 13.0 Å². The number of fused-ring (bicyclic) bond motifs is 4. The van der Waals surface area contributed by atoms with E-state index in [1.165, 1.54) is 46.2 Å². The number of allylic oxidation sites excluding steroid dienone is 2. The summed E-state index contributed by atoms with van der Waals surface area (Å²) in [5.74, 6) is 0.918. The molecule has 6 aromatic rings. The molecule has 0 saturated heterocycles. The number of pyridine rings is 2. The standard InChI is InChI=1S/C31H27N2OS.C5H8O2.Ir/c1-17(2)20-13-21(18(3)4)15-22(14-20)29-16-27-28(35-29)12-11-26(33-27)25-8-6-7-23-24-10-9-19(5)32-31(24)34-30(23)25;1-4(6)3-5(2)7;/h6-7,9-18H,1-5H3;3,6H,1-2H3;/q-1;;/b;4-3-;. The van der Waals surface area contributed by atoms with Gasteiger partial charge < -0.3 is 9.52 Å². The van der Waals surface area contributed by atoms with E-state index in [1.54, 1.807) is 11.3 Å². The molecule has 0 bridgehead atoms. The molecule has 1 N–H and O–H groups in total. The van der Waals surface area contributed by atoms with Crippen LogP contribution < -0.4 is 0 Å². The van der Waals surface area contributed by atoms with Crippen molar-refractivity contribution in [2.45, 2.75) is 60.3 Å². The van der Waals surface area contributed by atoms with Gasteiger partial charge in [-0.25, -0.2) is 4.98 Å². The van der Waals surface area contributed by atoms with E-state index in [4.69, 9.17) is 14.5 Å². The Bertz CT molecular complexity index is 1940. The number of thiophene rings is 1. The van der Waals surface area contributed by atoms with Gasteiger partial charge in [0, 0.05) is 42.1 Å².